The predicted octanol–water partition coefficient (Wildman–Crippen LogP) is 2.96. The van der Waals surface area contributed by atoms with Gasteiger partial charge in [0.2, 0.25) is 5.88 Å². The molecule has 1 aromatic carbocycles. The van der Waals surface area contributed by atoms with E-state index in [0.717, 1.165) is 9.13 Å². The maximum atomic E-state index is 8.96. The zero-order chi connectivity index (χ0) is 11.5. The van der Waals surface area contributed by atoms with E-state index in [0.29, 0.717) is 22.4 Å². The number of nitrogens with zero attached hydrogens (tertiary/aromatic N) is 2. The van der Waals surface area contributed by atoms with Gasteiger partial charge in [0.15, 0.2) is 0 Å². The summed E-state index contributed by atoms with van der Waals surface area (Å²) in [4.78, 5) is 0.701. The molecule has 0 spiro atoms. The minimum absolute atomic E-state index is 0.328. The Morgan fingerprint density at radius 3 is 2.88 bits per heavy atom. The Labute approximate surface area is 111 Å². The number of aromatic nitrogens is 2. The Morgan fingerprint density at radius 2 is 2.25 bits per heavy atom. The number of hydrogen-bond acceptors (Lipinski definition) is 3. The molecule has 0 aliphatic rings. The van der Waals surface area contributed by atoms with Crippen LogP contribution in [0.4, 0.5) is 0 Å². The third-order valence-corrected chi connectivity index (χ3v) is 3.34. The van der Waals surface area contributed by atoms with Gasteiger partial charge in [-0.1, -0.05) is 22.8 Å². The molecule has 1 aromatic heterocycles. The van der Waals surface area contributed by atoms with Crippen LogP contribution in [0.2, 0.25) is 5.02 Å². The summed E-state index contributed by atoms with van der Waals surface area (Å²) < 4.78 is 6.43. The summed E-state index contributed by atoms with van der Waals surface area (Å²) >= 11 is 8.24. The van der Waals surface area contributed by atoms with Crippen LogP contribution < -0.4 is 4.74 Å². The topological polar surface area (TPSA) is 47.3 Å². The molecule has 0 saturated heterocycles. The largest absolute Gasteiger partial charge is 0.472 e. The maximum absolute atomic E-state index is 8.96. The van der Waals surface area contributed by atoms with E-state index in [1.807, 2.05) is 18.2 Å². The molecule has 0 fully saturated rings. The SMILES string of the molecule is On1ccc(OCc2c(Cl)cccc2I)n1. The molecule has 0 radical (unpaired) electrons. The first-order valence-electron chi connectivity index (χ1n) is 4.47. The van der Waals surface area contributed by atoms with E-state index in [9.17, 15) is 0 Å². The van der Waals surface area contributed by atoms with Gasteiger partial charge in [0.25, 0.3) is 0 Å². The van der Waals surface area contributed by atoms with Crippen molar-refractivity contribution in [3.05, 3.63) is 44.6 Å². The Balaban J connectivity index is 2.10. The zero-order valence-corrected chi connectivity index (χ0v) is 11.0. The highest BCUT2D eigenvalue weighted by atomic mass is 127. The normalized spacial score (nSPS) is 10.4. The van der Waals surface area contributed by atoms with Crippen molar-refractivity contribution in [3.63, 3.8) is 0 Å². The molecule has 4 nitrogen and oxygen atoms in total. The van der Waals surface area contributed by atoms with Crippen LogP contribution >= 0.6 is 34.2 Å². The molecule has 6 heteroatoms. The summed E-state index contributed by atoms with van der Waals surface area (Å²) in [6, 6.07) is 7.22. The molecule has 0 aliphatic carbocycles. The lowest BCUT2D eigenvalue weighted by atomic mass is 10.2. The predicted molar refractivity (Wildman–Crippen MR) is 67.9 cm³/mol. The van der Waals surface area contributed by atoms with Crippen molar-refractivity contribution in [3.8, 4) is 5.88 Å². The van der Waals surface area contributed by atoms with E-state index >= 15 is 0 Å². The van der Waals surface area contributed by atoms with Gasteiger partial charge in [-0.3, -0.25) is 0 Å². The molecule has 0 saturated carbocycles. The molecule has 1 heterocycles. The van der Waals surface area contributed by atoms with Crippen LogP contribution in [0.25, 0.3) is 0 Å². The van der Waals surface area contributed by atoms with Crippen molar-refractivity contribution in [2.24, 2.45) is 0 Å². The first-order valence-corrected chi connectivity index (χ1v) is 5.93. The van der Waals surface area contributed by atoms with Crippen LogP contribution in [0.15, 0.2) is 30.5 Å². The van der Waals surface area contributed by atoms with Gasteiger partial charge in [-0.05, 0) is 34.7 Å². The van der Waals surface area contributed by atoms with Crippen molar-refractivity contribution in [1.82, 2.24) is 9.94 Å². The lowest BCUT2D eigenvalue weighted by Crippen LogP contribution is -2.00. The van der Waals surface area contributed by atoms with Gasteiger partial charge < -0.3 is 9.94 Å². The highest BCUT2D eigenvalue weighted by molar-refractivity contribution is 14.1. The summed E-state index contributed by atoms with van der Waals surface area (Å²) in [5, 5.41) is 13.3. The highest BCUT2D eigenvalue weighted by Gasteiger charge is 2.06. The average Bonchev–Trinajstić information content (AvgIpc) is 2.63. The quantitative estimate of drug-likeness (QED) is 0.684. The van der Waals surface area contributed by atoms with E-state index in [2.05, 4.69) is 27.7 Å². The summed E-state index contributed by atoms with van der Waals surface area (Å²) in [6.07, 6.45) is 1.40. The number of benzene rings is 1. The van der Waals surface area contributed by atoms with Gasteiger partial charge in [0, 0.05) is 20.2 Å². The van der Waals surface area contributed by atoms with Crippen LogP contribution in [0, 0.1) is 3.57 Å². The van der Waals surface area contributed by atoms with Crippen molar-refractivity contribution in [2.75, 3.05) is 0 Å². The zero-order valence-electron chi connectivity index (χ0n) is 8.10. The molecule has 0 aliphatic heterocycles. The second-order valence-corrected chi connectivity index (χ2v) is 4.63. The molecule has 0 unspecified atom stereocenters. The van der Waals surface area contributed by atoms with Gasteiger partial charge in [-0.15, -0.1) is 4.85 Å². The first-order chi connectivity index (χ1) is 7.66. The fraction of sp³-hybridized carbons (Fsp3) is 0.100. The third-order valence-electron chi connectivity index (χ3n) is 1.98. The van der Waals surface area contributed by atoms with E-state index in [-0.39, 0.29) is 0 Å². The molecule has 0 bridgehead atoms. The monoisotopic (exact) mass is 350 g/mol. The Hall–Kier alpha value is -0.950. The van der Waals surface area contributed by atoms with Crippen molar-refractivity contribution in [1.29, 1.82) is 0 Å². The van der Waals surface area contributed by atoms with Crippen LogP contribution in [-0.4, -0.2) is 15.2 Å². The molecule has 0 amide bonds. The Kier molecular flexibility index (Phi) is 3.55. The average molecular weight is 351 g/mol. The third kappa shape index (κ3) is 2.59. The van der Waals surface area contributed by atoms with Crippen LogP contribution in [0.3, 0.4) is 0 Å². The summed E-state index contributed by atoms with van der Waals surface area (Å²) in [5.41, 5.74) is 0.914. The van der Waals surface area contributed by atoms with Crippen molar-refractivity contribution >= 4 is 34.2 Å². The Morgan fingerprint density at radius 1 is 1.44 bits per heavy atom. The summed E-state index contributed by atoms with van der Waals surface area (Å²) in [6.45, 7) is 0.328. The fourth-order valence-electron chi connectivity index (χ4n) is 1.19. The summed E-state index contributed by atoms with van der Waals surface area (Å²) in [5.74, 6) is 0.359. The highest BCUT2D eigenvalue weighted by Crippen LogP contribution is 2.22. The molecular formula is C10H8ClIN2O2. The second-order valence-electron chi connectivity index (χ2n) is 3.06. The van der Waals surface area contributed by atoms with Crippen molar-refractivity contribution in [2.45, 2.75) is 6.61 Å². The van der Waals surface area contributed by atoms with E-state index in [4.69, 9.17) is 21.5 Å². The van der Waals surface area contributed by atoms with Gasteiger partial charge >= 0.3 is 0 Å². The fourth-order valence-corrected chi connectivity index (χ4v) is 2.23. The van der Waals surface area contributed by atoms with Crippen LogP contribution in [0.5, 0.6) is 5.88 Å². The van der Waals surface area contributed by atoms with Gasteiger partial charge in [0.05, 0.1) is 6.20 Å². The molecule has 1 N–H and O–H groups in total. The second kappa shape index (κ2) is 4.92. The van der Waals surface area contributed by atoms with E-state index in [1.54, 1.807) is 6.07 Å². The van der Waals surface area contributed by atoms with Gasteiger partial charge in [0.1, 0.15) is 6.61 Å². The first kappa shape index (κ1) is 11.5. The van der Waals surface area contributed by atoms with E-state index in [1.165, 1.54) is 6.20 Å². The lowest BCUT2D eigenvalue weighted by molar-refractivity contribution is 0.141. The molecule has 84 valence electrons. The van der Waals surface area contributed by atoms with Gasteiger partial charge in [-0.25, -0.2) is 0 Å². The number of ether oxygens (including phenoxy) is 1. The molecular weight excluding hydrogens is 342 g/mol. The standard InChI is InChI=1S/C10H8ClIN2O2/c11-8-2-1-3-9(12)7(8)6-16-10-4-5-14(15)13-10/h1-5,15H,6H2. The molecule has 0 atom stereocenters. The smallest absolute Gasteiger partial charge is 0.236 e. The molecule has 2 rings (SSSR count). The van der Waals surface area contributed by atoms with E-state index < -0.39 is 0 Å². The molecule has 2 aromatic rings. The molecule has 16 heavy (non-hydrogen) atoms. The lowest BCUT2D eigenvalue weighted by Gasteiger charge is -2.07. The van der Waals surface area contributed by atoms with Crippen molar-refractivity contribution < 1.29 is 9.94 Å². The number of rotatable bonds is 3. The minimum Gasteiger partial charge on any atom is -0.472 e. The minimum atomic E-state index is 0.328. The maximum Gasteiger partial charge on any atom is 0.236 e. The van der Waals surface area contributed by atoms with Crippen LogP contribution in [-0.2, 0) is 6.61 Å². The number of hydrogen-bond donors (Lipinski definition) is 1. The Bertz CT molecular complexity index is 481. The summed E-state index contributed by atoms with van der Waals surface area (Å²) in [7, 11) is 0. The van der Waals surface area contributed by atoms with Crippen LogP contribution in [0.1, 0.15) is 5.56 Å². The number of halogens is 2. The van der Waals surface area contributed by atoms with Gasteiger partial charge in [-0.2, -0.15) is 0 Å².